The molecular formula is C15H21ClN4O. The van der Waals surface area contributed by atoms with Gasteiger partial charge < -0.3 is 20.9 Å². The van der Waals surface area contributed by atoms with Crippen LogP contribution in [-0.4, -0.2) is 44.0 Å². The summed E-state index contributed by atoms with van der Waals surface area (Å²) >= 11 is 6.39. The minimum absolute atomic E-state index is 0.170. The molecule has 2 atom stereocenters. The van der Waals surface area contributed by atoms with Gasteiger partial charge in [0.15, 0.2) is 0 Å². The molecule has 114 valence electrons. The van der Waals surface area contributed by atoms with E-state index in [1.165, 1.54) is 12.8 Å². The molecule has 2 aliphatic rings. The molecule has 6 heteroatoms. The summed E-state index contributed by atoms with van der Waals surface area (Å²) in [7, 11) is 4.20. The van der Waals surface area contributed by atoms with Crippen LogP contribution >= 0.6 is 11.6 Å². The molecule has 0 radical (unpaired) electrons. The lowest BCUT2D eigenvalue weighted by atomic mass is 10.1. The molecule has 2 unspecified atom stereocenters. The number of hydrogen-bond acceptors (Lipinski definition) is 4. The molecule has 0 aliphatic carbocycles. The number of likely N-dealkylation sites (tertiary alicyclic amines) is 1. The van der Waals surface area contributed by atoms with E-state index in [1.807, 2.05) is 19.2 Å². The highest BCUT2D eigenvalue weighted by Gasteiger charge is 2.29. The summed E-state index contributed by atoms with van der Waals surface area (Å²) in [6.45, 7) is 2.08. The third-order valence-corrected chi connectivity index (χ3v) is 4.86. The summed E-state index contributed by atoms with van der Waals surface area (Å²) in [4.78, 5) is 16.2. The molecule has 3 N–H and O–H groups in total. The molecule has 0 spiro atoms. The Bertz CT molecular complexity index is 577. The Balaban J connectivity index is 1.82. The van der Waals surface area contributed by atoms with Crippen LogP contribution in [0.25, 0.3) is 0 Å². The maximum atomic E-state index is 11.6. The second-order valence-electron chi connectivity index (χ2n) is 6.01. The molecule has 3 rings (SSSR count). The van der Waals surface area contributed by atoms with Gasteiger partial charge in [-0.2, -0.15) is 0 Å². The predicted octanol–water partition coefficient (Wildman–Crippen LogP) is 1.82. The minimum atomic E-state index is -0.613. The molecule has 2 heterocycles. The lowest BCUT2D eigenvalue weighted by Gasteiger charge is -2.28. The van der Waals surface area contributed by atoms with Crippen LogP contribution in [-0.2, 0) is 4.79 Å². The second kappa shape index (κ2) is 5.48. The maximum Gasteiger partial charge on any atom is 0.245 e. The highest BCUT2D eigenvalue weighted by molar-refractivity contribution is 6.33. The summed E-state index contributed by atoms with van der Waals surface area (Å²) in [5.41, 5.74) is 8.33. The number of carbonyl (C=O) groups excluding carboxylic acids is 1. The molecule has 0 bridgehead atoms. The average Bonchev–Trinajstić information content (AvgIpc) is 2.95. The van der Waals surface area contributed by atoms with E-state index in [9.17, 15) is 4.79 Å². The summed E-state index contributed by atoms with van der Waals surface area (Å²) in [6, 6.07) is 3.68. The Kier molecular flexibility index (Phi) is 3.82. The van der Waals surface area contributed by atoms with Gasteiger partial charge in [0.05, 0.1) is 10.7 Å². The second-order valence-corrected chi connectivity index (χ2v) is 6.42. The number of rotatable bonds is 3. The van der Waals surface area contributed by atoms with Crippen molar-refractivity contribution >= 4 is 28.9 Å². The number of anilines is 2. The van der Waals surface area contributed by atoms with E-state index in [4.69, 9.17) is 17.3 Å². The van der Waals surface area contributed by atoms with Crippen molar-refractivity contribution in [1.82, 2.24) is 4.90 Å². The van der Waals surface area contributed by atoms with Crippen LogP contribution in [0.3, 0.4) is 0 Å². The number of halogens is 1. The lowest BCUT2D eigenvalue weighted by molar-refractivity contribution is -0.116. The fourth-order valence-corrected chi connectivity index (χ4v) is 3.53. The summed E-state index contributed by atoms with van der Waals surface area (Å²) in [5.74, 6) is -0.170. The van der Waals surface area contributed by atoms with E-state index in [-0.39, 0.29) is 5.91 Å². The van der Waals surface area contributed by atoms with Crippen molar-refractivity contribution < 1.29 is 4.79 Å². The zero-order valence-corrected chi connectivity index (χ0v) is 13.2. The number of amides is 1. The van der Waals surface area contributed by atoms with Crippen LogP contribution in [0.5, 0.6) is 0 Å². The van der Waals surface area contributed by atoms with Gasteiger partial charge in [0.1, 0.15) is 6.04 Å². The van der Waals surface area contributed by atoms with Gasteiger partial charge >= 0.3 is 0 Å². The summed E-state index contributed by atoms with van der Waals surface area (Å²) < 4.78 is 0. The number of fused-ring (bicyclic) bond motifs is 1. The minimum Gasteiger partial charge on any atom is -0.372 e. The third-order valence-electron chi connectivity index (χ3n) is 4.56. The Morgan fingerprint density at radius 1 is 1.52 bits per heavy atom. The number of hydrogen-bond donors (Lipinski definition) is 2. The first kappa shape index (κ1) is 14.6. The standard InChI is InChI=1S/C15H21ClN4O/c1-19-5-3-4-9(19)8-20(2)13-7-12-10(6-11(13)16)14(17)15(21)18-12/h6-7,9,14H,3-5,8,17H2,1-2H3,(H,18,21). The first-order chi connectivity index (χ1) is 9.97. The Morgan fingerprint density at radius 3 is 2.95 bits per heavy atom. The fourth-order valence-electron chi connectivity index (χ4n) is 3.21. The molecule has 2 aliphatic heterocycles. The summed E-state index contributed by atoms with van der Waals surface area (Å²) in [6.07, 6.45) is 2.46. The quantitative estimate of drug-likeness (QED) is 0.894. The fraction of sp³-hybridized carbons (Fsp3) is 0.533. The van der Waals surface area contributed by atoms with Crippen LogP contribution in [0.4, 0.5) is 11.4 Å². The zero-order chi connectivity index (χ0) is 15.1. The molecule has 0 saturated carbocycles. The van der Waals surface area contributed by atoms with E-state index < -0.39 is 6.04 Å². The van der Waals surface area contributed by atoms with Crippen molar-refractivity contribution in [3.05, 3.63) is 22.7 Å². The summed E-state index contributed by atoms with van der Waals surface area (Å²) in [5, 5.41) is 3.45. The predicted molar refractivity (Wildman–Crippen MR) is 85.9 cm³/mol. The van der Waals surface area contributed by atoms with Gasteiger partial charge in [-0.05, 0) is 38.6 Å². The Morgan fingerprint density at radius 2 is 2.29 bits per heavy atom. The van der Waals surface area contributed by atoms with Crippen molar-refractivity contribution in [3.63, 3.8) is 0 Å². The van der Waals surface area contributed by atoms with Gasteiger partial charge in [0.25, 0.3) is 0 Å². The number of nitrogens with two attached hydrogens (primary N) is 1. The van der Waals surface area contributed by atoms with Crippen molar-refractivity contribution in [2.24, 2.45) is 5.73 Å². The molecule has 1 aromatic carbocycles. The van der Waals surface area contributed by atoms with Crippen LogP contribution in [0.1, 0.15) is 24.4 Å². The zero-order valence-electron chi connectivity index (χ0n) is 12.4. The maximum absolute atomic E-state index is 11.6. The van der Waals surface area contributed by atoms with E-state index >= 15 is 0 Å². The van der Waals surface area contributed by atoms with E-state index in [2.05, 4.69) is 22.2 Å². The third kappa shape index (κ3) is 2.61. The Labute approximate surface area is 130 Å². The number of nitrogens with one attached hydrogen (secondary N) is 1. The first-order valence-electron chi connectivity index (χ1n) is 7.28. The lowest BCUT2D eigenvalue weighted by Crippen LogP contribution is -2.36. The van der Waals surface area contributed by atoms with E-state index in [0.29, 0.717) is 11.1 Å². The molecule has 1 fully saturated rings. The van der Waals surface area contributed by atoms with Crippen LogP contribution in [0.2, 0.25) is 5.02 Å². The van der Waals surface area contributed by atoms with E-state index in [0.717, 1.165) is 30.0 Å². The largest absolute Gasteiger partial charge is 0.372 e. The number of nitrogens with zero attached hydrogens (tertiary/aromatic N) is 2. The monoisotopic (exact) mass is 308 g/mol. The highest BCUT2D eigenvalue weighted by atomic mass is 35.5. The first-order valence-corrected chi connectivity index (χ1v) is 7.66. The van der Waals surface area contributed by atoms with Gasteiger partial charge in [-0.15, -0.1) is 0 Å². The molecule has 1 saturated heterocycles. The number of carbonyl (C=O) groups is 1. The van der Waals surface area contributed by atoms with Gasteiger partial charge in [0, 0.05) is 30.9 Å². The molecule has 21 heavy (non-hydrogen) atoms. The SMILES string of the molecule is CN(CC1CCCN1C)c1cc2c(cc1Cl)C(N)C(=O)N2. The Hall–Kier alpha value is -1.30. The van der Waals surface area contributed by atoms with Gasteiger partial charge in [-0.3, -0.25) is 4.79 Å². The molecule has 0 aromatic heterocycles. The van der Waals surface area contributed by atoms with Gasteiger partial charge in [-0.25, -0.2) is 0 Å². The molecular weight excluding hydrogens is 288 g/mol. The van der Waals surface area contributed by atoms with Crippen molar-refractivity contribution in [3.8, 4) is 0 Å². The van der Waals surface area contributed by atoms with Crippen LogP contribution in [0, 0.1) is 0 Å². The van der Waals surface area contributed by atoms with Gasteiger partial charge in [-0.1, -0.05) is 11.6 Å². The number of benzene rings is 1. The van der Waals surface area contributed by atoms with Gasteiger partial charge in [0.2, 0.25) is 5.91 Å². The number of likely N-dealkylation sites (N-methyl/N-ethyl adjacent to an activating group) is 2. The van der Waals surface area contributed by atoms with Crippen LogP contribution in [0.15, 0.2) is 12.1 Å². The molecule has 1 aromatic rings. The smallest absolute Gasteiger partial charge is 0.245 e. The molecule has 1 amide bonds. The highest BCUT2D eigenvalue weighted by Crippen LogP contribution is 2.38. The van der Waals surface area contributed by atoms with E-state index in [1.54, 1.807) is 0 Å². The van der Waals surface area contributed by atoms with Crippen molar-refractivity contribution in [2.45, 2.75) is 24.9 Å². The molecule has 5 nitrogen and oxygen atoms in total. The average molecular weight is 309 g/mol. The van der Waals surface area contributed by atoms with Crippen molar-refractivity contribution in [2.75, 3.05) is 37.4 Å². The van der Waals surface area contributed by atoms with Crippen molar-refractivity contribution in [1.29, 1.82) is 0 Å². The topological polar surface area (TPSA) is 61.6 Å². The normalized spacial score (nSPS) is 25.0. The van der Waals surface area contributed by atoms with Crippen LogP contribution < -0.4 is 16.0 Å².